The quantitative estimate of drug-likeness (QED) is 0.657. The van der Waals surface area contributed by atoms with E-state index in [1.54, 1.807) is 32.0 Å². The first-order valence-corrected chi connectivity index (χ1v) is 9.00. The van der Waals surface area contributed by atoms with E-state index in [0.717, 1.165) is 12.1 Å². The molecule has 1 fully saturated rings. The van der Waals surface area contributed by atoms with Crippen LogP contribution < -0.4 is 16.2 Å². The van der Waals surface area contributed by atoms with Crippen LogP contribution in [0.5, 0.6) is 0 Å². The van der Waals surface area contributed by atoms with Crippen molar-refractivity contribution in [2.75, 3.05) is 11.9 Å². The fraction of sp³-hybridized carbons (Fsp3) is 0.300. The van der Waals surface area contributed by atoms with Gasteiger partial charge in [-0.1, -0.05) is 12.1 Å². The van der Waals surface area contributed by atoms with Crippen molar-refractivity contribution in [1.29, 1.82) is 0 Å². The molecule has 1 aliphatic heterocycles. The molecule has 3 N–H and O–H groups in total. The second-order valence-corrected chi connectivity index (χ2v) is 7.01. The number of hydrogen-bond donors (Lipinski definition) is 3. The predicted molar refractivity (Wildman–Crippen MR) is 102 cm³/mol. The number of hydrogen-bond acceptors (Lipinski definition) is 5. The van der Waals surface area contributed by atoms with Crippen LogP contribution in [-0.2, 0) is 20.4 Å². The molecule has 0 saturated carbocycles. The monoisotopic (exact) mass is 423 g/mol. The van der Waals surface area contributed by atoms with E-state index < -0.39 is 35.4 Å². The average molecular weight is 423 g/mol. The molecule has 7 nitrogen and oxygen atoms in total. The Kier molecular flexibility index (Phi) is 5.99. The minimum Gasteiger partial charge on any atom is -0.355 e. The first-order valence-electron chi connectivity index (χ1n) is 9.00. The number of nitrogens with one attached hydrogen (secondary N) is 3. The first-order chi connectivity index (χ1) is 14.0. The summed E-state index contributed by atoms with van der Waals surface area (Å²) in [6.45, 7) is 3.39. The maximum Gasteiger partial charge on any atom is 0.416 e. The summed E-state index contributed by atoms with van der Waals surface area (Å²) < 4.78 is 48.8. The molecule has 30 heavy (non-hydrogen) atoms. The number of ether oxygens (including phenoxy) is 2. The van der Waals surface area contributed by atoms with E-state index >= 15 is 0 Å². The topological polar surface area (TPSA) is 88.7 Å². The first kappa shape index (κ1) is 21.6. The van der Waals surface area contributed by atoms with E-state index in [-0.39, 0.29) is 12.2 Å². The highest BCUT2D eigenvalue weighted by Gasteiger charge is 2.37. The van der Waals surface area contributed by atoms with Crippen LogP contribution in [0, 0.1) is 0 Å². The van der Waals surface area contributed by atoms with E-state index in [1.165, 1.54) is 18.2 Å². The Balaban J connectivity index is 1.64. The summed E-state index contributed by atoms with van der Waals surface area (Å²) in [7, 11) is 0. The normalized spacial score (nSPS) is 18.0. The number of alkyl halides is 3. The molecule has 0 bridgehead atoms. The Labute approximate surface area is 170 Å². The summed E-state index contributed by atoms with van der Waals surface area (Å²) in [6.07, 6.45) is -5.29. The van der Waals surface area contributed by atoms with Crippen LogP contribution >= 0.6 is 0 Å². The van der Waals surface area contributed by atoms with Crippen LogP contribution in [-0.4, -0.2) is 30.3 Å². The number of halogens is 3. The molecule has 1 aliphatic rings. The number of anilines is 2. The number of para-hydroxylation sites is 1. The van der Waals surface area contributed by atoms with Gasteiger partial charge in [0.15, 0.2) is 11.9 Å². The Morgan fingerprint density at radius 3 is 2.30 bits per heavy atom. The van der Waals surface area contributed by atoms with Gasteiger partial charge in [0, 0.05) is 5.69 Å². The maximum atomic E-state index is 12.7. The average Bonchev–Trinajstić information content (AvgIpc) is 3.06. The molecule has 160 valence electrons. The Morgan fingerprint density at radius 2 is 1.70 bits per heavy atom. The zero-order valence-electron chi connectivity index (χ0n) is 16.2. The van der Waals surface area contributed by atoms with E-state index in [1.807, 2.05) is 0 Å². The van der Waals surface area contributed by atoms with Gasteiger partial charge in [0.25, 0.3) is 11.8 Å². The molecule has 3 rings (SSSR count). The fourth-order valence-corrected chi connectivity index (χ4v) is 2.77. The molecule has 10 heteroatoms. The molecule has 1 heterocycles. The molecule has 1 unspecified atom stereocenters. The third-order valence-corrected chi connectivity index (χ3v) is 4.26. The van der Waals surface area contributed by atoms with Crippen molar-refractivity contribution in [3.05, 3.63) is 59.7 Å². The van der Waals surface area contributed by atoms with Crippen molar-refractivity contribution in [1.82, 2.24) is 10.9 Å². The predicted octanol–water partition coefficient (Wildman–Crippen LogP) is 3.36. The van der Waals surface area contributed by atoms with E-state index in [4.69, 9.17) is 9.47 Å². The number of carbonyl (C=O) groups excluding carboxylic acids is 2. The third-order valence-electron chi connectivity index (χ3n) is 4.26. The molecule has 0 aliphatic carbocycles. The largest absolute Gasteiger partial charge is 0.416 e. The highest BCUT2D eigenvalue weighted by molar-refractivity contribution is 6.01. The van der Waals surface area contributed by atoms with Crippen LogP contribution in [0.25, 0.3) is 0 Å². The molecule has 2 aromatic carbocycles. The van der Waals surface area contributed by atoms with Crippen molar-refractivity contribution < 1.29 is 32.2 Å². The smallest absolute Gasteiger partial charge is 0.355 e. The summed E-state index contributed by atoms with van der Waals surface area (Å²) in [5, 5.41) is 2.90. The highest BCUT2D eigenvalue weighted by Crippen LogP contribution is 2.30. The van der Waals surface area contributed by atoms with Crippen LogP contribution in [0.15, 0.2) is 48.5 Å². The van der Waals surface area contributed by atoms with Gasteiger partial charge >= 0.3 is 6.18 Å². The minimum atomic E-state index is -4.43. The van der Waals surface area contributed by atoms with Crippen LogP contribution in [0.2, 0.25) is 0 Å². The Bertz CT molecular complexity index is 930. The molecule has 1 atom stereocenters. The van der Waals surface area contributed by atoms with E-state index in [9.17, 15) is 22.8 Å². The van der Waals surface area contributed by atoms with E-state index in [0.29, 0.717) is 11.4 Å². The highest BCUT2D eigenvalue weighted by atomic mass is 19.4. The summed E-state index contributed by atoms with van der Waals surface area (Å²) in [4.78, 5) is 24.6. The van der Waals surface area contributed by atoms with Gasteiger partial charge < -0.3 is 14.8 Å². The van der Waals surface area contributed by atoms with Crippen molar-refractivity contribution in [3.8, 4) is 0 Å². The van der Waals surface area contributed by atoms with Crippen LogP contribution in [0.3, 0.4) is 0 Å². The second-order valence-electron chi connectivity index (χ2n) is 7.01. The molecule has 2 amide bonds. The minimum absolute atomic E-state index is 0.0563. The van der Waals surface area contributed by atoms with Gasteiger partial charge in [0.1, 0.15) is 0 Å². The van der Waals surface area contributed by atoms with Gasteiger partial charge in [0.2, 0.25) is 0 Å². The lowest BCUT2D eigenvalue weighted by Crippen LogP contribution is -2.47. The number of rotatable bonds is 4. The molecule has 0 aromatic heterocycles. The Morgan fingerprint density at radius 1 is 1.03 bits per heavy atom. The summed E-state index contributed by atoms with van der Waals surface area (Å²) in [6, 6.07) is 10.8. The number of benzene rings is 2. The molecule has 0 radical (unpaired) electrons. The number of hydrazine groups is 1. The fourth-order valence-electron chi connectivity index (χ4n) is 2.77. The second kappa shape index (κ2) is 8.33. The molecular formula is C20H20F3N3O4. The van der Waals surface area contributed by atoms with Gasteiger partial charge in [-0.15, -0.1) is 0 Å². The summed E-state index contributed by atoms with van der Waals surface area (Å²) in [5.41, 5.74) is 4.70. The SMILES string of the molecule is CC1(C)OCC(C(=O)NNC(=O)c2ccccc2Nc2ccc(C(F)(F)F)cc2)O1. The maximum absolute atomic E-state index is 12.7. The van der Waals surface area contributed by atoms with Gasteiger partial charge in [-0.3, -0.25) is 20.4 Å². The van der Waals surface area contributed by atoms with Crippen molar-refractivity contribution in [3.63, 3.8) is 0 Å². The molecule has 1 saturated heterocycles. The summed E-state index contributed by atoms with van der Waals surface area (Å²) in [5.74, 6) is -2.07. The zero-order valence-corrected chi connectivity index (χ0v) is 16.2. The third kappa shape index (κ3) is 5.28. The van der Waals surface area contributed by atoms with Gasteiger partial charge in [-0.05, 0) is 50.2 Å². The number of carbonyl (C=O) groups is 2. The Hall–Kier alpha value is -3.11. The van der Waals surface area contributed by atoms with Gasteiger partial charge in [-0.2, -0.15) is 13.2 Å². The van der Waals surface area contributed by atoms with E-state index in [2.05, 4.69) is 16.2 Å². The molecule has 0 spiro atoms. The van der Waals surface area contributed by atoms with Crippen molar-refractivity contribution >= 4 is 23.2 Å². The lowest BCUT2D eigenvalue weighted by Gasteiger charge is -2.17. The van der Waals surface area contributed by atoms with Crippen molar-refractivity contribution in [2.45, 2.75) is 31.9 Å². The van der Waals surface area contributed by atoms with Crippen molar-refractivity contribution in [2.24, 2.45) is 0 Å². The number of amides is 2. The van der Waals surface area contributed by atoms with Gasteiger partial charge in [-0.25, -0.2) is 0 Å². The lowest BCUT2D eigenvalue weighted by molar-refractivity contribution is -0.153. The lowest BCUT2D eigenvalue weighted by atomic mass is 10.1. The molecular weight excluding hydrogens is 403 g/mol. The molecule has 2 aromatic rings. The standard InChI is InChI=1S/C20H20F3N3O4/c1-19(2)29-11-16(30-19)18(28)26-25-17(27)14-5-3-4-6-15(14)24-13-9-7-12(8-10-13)20(21,22)23/h3-10,16,24H,11H2,1-2H3,(H,25,27)(H,26,28). The zero-order chi connectivity index (χ0) is 21.9. The van der Waals surface area contributed by atoms with Crippen LogP contribution in [0.1, 0.15) is 29.8 Å². The summed E-state index contributed by atoms with van der Waals surface area (Å²) >= 11 is 0. The van der Waals surface area contributed by atoms with Crippen LogP contribution in [0.4, 0.5) is 24.5 Å². The van der Waals surface area contributed by atoms with Gasteiger partial charge in [0.05, 0.1) is 23.4 Å².